The maximum absolute atomic E-state index is 13.9. The number of hydrogen-bond donors (Lipinski definition) is 2. The Kier molecular flexibility index (Phi) is 7.95. The number of carbonyl (C=O) groups is 5. The second-order valence-electron chi connectivity index (χ2n) is 14.1. The molecule has 4 aliphatic carbocycles. The molecule has 0 spiro atoms. The van der Waals surface area contributed by atoms with E-state index in [-0.39, 0.29) is 34.7 Å². The molecule has 4 aliphatic rings. The van der Waals surface area contributed by atoms with Crippen molar-refractivity contribution < 1.29 is 44.0 Å². The summed E-state index contributed by atoms with van der Waals surface area (Å²) in [6.07, 6.45) is 8.58. The van der Waals surface area contributed by atoms with Crippen LogP contribution in [0.15, 0.2) is 23.8 Å². The van der Waals surface area contributed by atoms with Gasteiger partial charge in [0.25, 0.3) is 0 Å². The normalized spacial score (nSPS) is 34.5. The van der Waals surface area contributed by atoms with Crippen molar-refractivity contribution in [3.8, 4) is 0 Å². The van der Waals surface area contributed by atoms with Crippen LogP contribution in [0.3, 0.4) is 0 Å². The zero-order valence-electron chi connectivity index (χ0n) is 24.2. The molecule has 0 amide bonds. The van der Waals surface area contributed by atoms with Crippen molar-refractivity contribution in [1.29, 1.82) is 0 Å². The zero-order chi connectivity index (χ0) is 29.7. The van der Waals surface area contributed by atoms with Crippen LogP contribution in [0.1, 0.15) is 92.4 Å². The van der Waals surface area contributed by atoms with Gasteiger partial charge in [0.2, 0.25) is 5.60 Å². The number of carboxylic acid groups (broad SMARTS) is 1. The van der Waals surface area contributed by atoms with Gasteiger partial charge in [-0.25, -0.2) is 4.79 Å². The summed E-state index contributed by atoms with van der Waals surface area (Å²) in [4.78, 5) is 67.2. The standard InChI is InChI=1S/C31H42O9/c1-28(2,3)17-26(36)39-31(16-25(34)35,27(37)40-38)15-24(33)23-9-8-21-20-7-6-18-14-19(32)10-12-29(18,4)22(20)11-13-30(21,23)5/h10,12,14,20-23,38H,6-9,11,13,15-17H2,1-5H3,(H,34,35)/t20?,21?,22?,23-,29-,30-,31?/m0/s1. The summed E-state index contributed by atoms with van der Waals surface area (Å²) in [5.41, 5.74) is -2.33. The van der Waals surface area contributed by atoms with Gasteiger partial charge < -0.3 is 9.84 Å². The quantitative estimate of drug-likeness (QED) is 0.237. The maximum atomic E-state index is 13.9. The van der Waals surface area contributed by atoms with Crippen molar-refractivity contribution in [2.75, 3.05) is 0 Å². The lowest BCUT2D eigenvalue weighted by molar-refractivity contribution is -0.255. The first-order valence-corrected chi connectivity index (χ1v) is 14.3. The van der Waals surface area contributed by atoms with Gasteiger partial charge in [0.05, 0.1) is 19.3 Å². The van der Waals surface area contributed by atoms with Gasteiger partial charge in [-0.2, -0.15) is 5.26 Å². The largest absolute Gasteiger partial charge is 0.481 e. The molecule has 4 unspecified atom stereocenters. The van der Waals surface area contributed by atoms with E-state index in [1.165, 1.54) is 5.57 Å². The van der Waals surface area contributed by atoms with Gasteiger partial charge in [-0.1, -0.05) is 46.3 Å². The molecule has 0 aliphatic heterocycles. The second kappa shape index (κ2) is 10.5. The third kappa shape index (κ3) is 5.41. The SMILES string of the molecule is CC(C)(C)CC(=O)OC(CC(=O)O)(CC(=O)[C@@H]1CCC2C3CCC4=CC(=O)C=C[C@]4(C)C3CC[C@@]21C)C(=O)OO. The molecule has 9 heteroatoms. The topological polar surface area (TPSA) is 144 Å². The summed E-state index contributed by atoms with van der Waals surface area (Å²) in [6, 6.07) is 0. The molecule has 220 valence electrons. The van der Waals surface area contributed by atoms with E-state index in [9.17, 15) is 34.3 Å². The van der Waals surface area contributed by atoms with Gasteiger partial charge in [-0.05, 0) is 79.3 Å². The van der Waals surface area contributed by atoms with Crippen LogP contribution in [0.25, 0.3) is 0 Å². The number of aliphatic carboxylic acids is 1. The number of Topliss-reactive ketones (excluding diaryl/α,β-unsaturated/α-hetero) is 1. The predicted octanol–water partition coefficient (Wildman–Crippen LogP) is 5.08. The summed E-state index contributed by atoms with van der Waals surface area (Å²) in [5, 5.41) is 18.8. The molecule has 0 heterocycles. The summed E-state index contributed by atoms with van der Waals surface area (Å²) in [7, 11) is 0. The van der Waals surface area contributed by atoms with E-state index in [0.717, 1.165) is 32.1 Å². The van der Waals surface area contributed by atoms with Crippen LogP contribution in [0.5, 0.6) is 0 Å². The highest BCUT2D eigenvalue weighted by Crippen LogP contribution is 2.66. The Balaban J connectivity index is 1.59. The average Bonchev–Trinajstić information content (AvgIpc) is 3.19. The number of fused-ring (bicyclic) bond motifs is 5. The van der Waals surface area contributed by atoms with Gasteiger partial charge in [-0.15, -0.1) is 0 Å². The molecule has 40 heavy (non-hydrogen) atoms. The highest BCUT2D eigenvalue weighted by Gasteiger charge is 2.61. The third-order valence-electron chi connectivity index (χ3n) is 10.3. The highest BCUT2D eigenvalue weighted by molar-refractivity contribution is 6.01. The number of rotatable bonds is 8. The number of allylic oxidation sites excluding steroid dienone is 4. The summed E-state index contributed by atoms with van der Waals surface area (Å²) in [6.45, 7) is 9.68. The van der Waals surface area contributed by atoms with E-state index in [2.05, 4.69) is 24.8 Å². The van der Waals surface area contributed by atoms with E-state index in [1.54, 1.807) is 32.9 Å². The van der Waals surface area contributed by atoms with E-state index in [4.69, 9.17) is 4.74 Å². The fraction of sp³-hybridized carbons (Fsp3) is 0.710. The lowest BCUT2D eigenvalue weighted by Gasteiger charge is -2.57. The number of ketones is 2. The average molecular weight is 559 g/mol. The Hall–Kier alpha value is -2.81. The molecule has 3 saturated carbocycles. The second-order valence-corrected chi connectivity index (χ2v) is 14.1. The fourth-order valence-corrected chi connectivity index (χ4v) is 8.47. The van der Waals surface area contributed by atoms with E-state index < -0.39 is 47.7 Å². The Morgan fingerprint density at radius 1 is 1.00 bits per heavy atom. The number of ether oxygens (including phenoxy) is 1. The number of carbonyl (C=O) groups excluding carboxylic acids is 4. The number of hydrogen-bond acceptors (Lipinski definition) is 8. The van der Waals surface area contributed by atoms with Crippen molar-refractivity contribution in [3.05, 3.63) is 23.8 Å². The number of esters is 1. The Morgan fingerprint density at radius 2 is 1.70 bits per heavy atom. The minimum absolute atomic E-state index is 0.0348. The first-order chi connectivity index (χ1) is 18.5. The van der Waals surface area contributed by atoms with Crippen molar-refractivity contribution in [2.45, 2.75) is 98.0 Å². The van der Waals surface area contributed by atoms with Gasteiger partial charge in [0, 0.05) is 11.3 Å². The van der Waals surface area contributed by atoms with Gasteiger partial charge >= 0.3 is 17.9 Å². The first-order valence-electron chi connectivity index (χ1n) is 14.3. The van der Waals surface area contributed by atoms with Crippen LogP contribution in [0, 0.1) is 39.9 Å². The molecule has 0 radical (unpaired) electrons. The van der Waals surface area contributed by atoms with Crippen molar-refractivity contribution >= 4 is 29.5 Å². The van der Waals surface area contributed by atoms with Gasteiger partial charge in [0.1, 0.15) is 5.78 Å². The molecule has 9 nitrogen and oxygen atoms in total. The smallest absolute Gasteiger partial charge is 0.386 e. The molecule has 3 fully saturated rings. The van der Waals surface area contributed by atoms with Crippen molar-refractivity contribution in [1.82, 2.24) is 0 Å². The lowest BCUT2D eigenvalue weighted by Crippen LogP contribution is -2.52. The lowest BCUT2D eigenvalue weighted by atomic mass is 9.47. The third-order valence-corrected chi connectivity index (χ3v) is 10.3. The predicted molar refractivity (Wildman–Crippen MR) is 144 cm³/mol. The van der Waals surface area contributed by atoms with Crippen molar-refractivity contribution in [3.63, 3.8) is 0 Å². The monoisotopic (exact) mass is 558 g/mol. The van der Waals surface area contributed by atoms with Gasteiger partial charge in [0.15, 0.2) is 5.78 Å². The van der Waals surface area contributed by atoms with Crippen LogP contribution in [0.4, 0.5) is 0 Å². The summed E-state index contributed by atoms with van der Waals surface area (Å²) < 4.78 is 5.43. The van der Waals surface area contributed by atoms with Gasteiger partial charge in [-0.3, -0.25) is 24.1 Å². The summed E-state index contributed by atoms with van der Waals surface area (Å²) >= 11 is 0. The van der Waals surface area contributed by atoms with Crippen LogP contribution in [-0.4, -0.2) is 45.4 Å². The molecule has 7 atom stereocenters. The maximum Gasteiger partial charge on any atom is 0.386 e. The Labute approximate surface area is 235 Å². The Morgan fingerprint density at radius 3 is 2.33 bits per heavy atom. The molecule has 0 saturated heterocycles. The van der Waals surface area contributed by atoms with Crippen LogP contribution >= 0.6 is 0 Å². The minimum atomic E-state index is -2.46. The molecule has 0 aromatic rings. The molecule has 4 rings (SSSR count). The molecule has 0 aromatic carbocycles. The Bertz CT molecular complexity index is 1160. The summed E-state index contributed by atoms with van der Waals surface area (Å²) in [5.74, 6) is -3.56. The zero-order valence-corrected chi connectivity index (χ0v) is 24.2. The highest BCUT2D eigenvalue weighted by atomic mass is 17.1. The number of carboxylic acids is 1. The molecule has 0 aromatic heterocycles. The molecular formula is C31H42O9. The molecule has 0 bridgehead atoms. The fourth-order valence-electron chi connectivity index (χ4n) is 8.47. The van der Waals surface area contributed by atoms with E-state index in [0.29, 0.717) is 18.3 Å². The minimum Gasteiger partial charge on any atom is -0.481 e. The molecule has 2 N–H and O–H groups in total. The van der Waals surface area contributed by atoms with E-state index >= 15 is 0 Å². The van der Waals surface area contributed by atoms with E-state index in [1.807, 2.05) is 0 Å². The van der Waals surface area contributed by atoms with Crippen LogP contribution in [0.2, 0.25) is 0 Å². The molecular weight excluding hydrogens is 516 g/mol. The van der Waals surface area contributed by atoms with Crippen molar-refractivity contribution in [2.24, 2.45) is 39.9 Å². The van der Waals surface area contributed by atoms with Crippen LogP contribution in [-0.2, 0) is 33.6 Å². The first kappa shape index (κ1) is 30.2. The van der Waals surface area contributed by atoms with Crippen LogP contribution < -0.4 is 0 Å².